The van der Waals surface area contributed by atoms with Gasteiger partial charge in [0.2, 0.25) is 0 Å². The highest BCUT2D eigenvalue weighted by Gasteiger charge is 2.53. The van der Waals surface area contributed by atoms with E-state index in [1.165, 1.54) is 0 Å². The third-order valence-electron chi connectivity index (χ3n) is 4.42. The predicted molar refractivity (Wildman–Crippen MR) is 89.1 cm³/mol. The lowest BCUT2D eigenvalue weighted by atomic mass is 9.90. The van der Waals surface area contributed by atoms with Gasteiger partial charge in [-0.25, -0.2) is 5.01 Å². The molecule has 0 amide bonds. The van der Waals surface area contributed by atoms with Gasteiger partial charge < -0.3 is 10.2 Å². The molecule has 2 aromatic rings. The second-order valence-electron chi connectivity index (χ2n) is 6.58. The lowest BCUT2D eigenvalue weighted by Crippen LogP contribution is -2.47. The minimum Gasteiger partial charge on any atom is -0.383 e. The van der Waals surface area contributed by atoms with Crippen LogP contribution in [0.5, 0.6) is 0 Å². The Hall–Kier alpha value is -2.94. The number of anilines is 1. The van der Waals surface area contributed by atoms with Crippen LogP contribution in [0.4, 0.5) is 45.2 Å². The summed E-state index contributed by atoms with van der Waals surface area (Å²) in [6.45, 7) is 0. The Kier molecular flexibility index (Phi) is 5.84. The van der Waals surface area contributed by atoms with Gasteiger partial charge in [0.15, 0.2) is 12.3 Å². The van der Waals surface area contributed by atoms with Crippen molar-refractivity contribution >= 4 is 11.4 Å². The molecule has 0 saturated carbocycles. The molecule has 0 aromatic carbocycles. The summed E-state index contributed by atoms with van der Waals surface area (Å²) in [6, 6.07) is 2.46. The zero-order valence-corrected chi connectivity index (χ0v) is 15.3. The summed E-state index contributed by atoms with van der Waals surface area (Å²) in [6.07, 6.45) is -19.6. The Morgan fingerprint density at radius 3 is 1.91 bits per heavy atom. The van der Waals surface area contributed by atoms with Gasteiger partial charge in [-0.05, 0) is 24.3 Å². The van der Waals surface area contributed by atoms with Gasteiger partial charge in [-0.3, -0.25) is 9.97 Å². The number of rotatable bonds is 3. The van der Waals surface area contributed by atoms with Crippen LogP contribution in [0.2, 0.25) is 0 Å². The number of aliphatic hydroxyl groups excluding tert-OH is 2. The maximum absolute atomic E-state index is 13.2. The molecule has 3 atom stereocenters. The number of halogens is 9. The van der Waals surface area contributed by atoms with Crippen LogP contribution in [0, 0.1) is 5.92 Å². The van der Waals surface area contributed by atoms with Crippen LogP contribution in [0.15, 0.2) is 41.8 Å². The molecule has 0 radical (unpaired) electrons. The largest absolute Gasteiger partial charge is 0.433 e. The SMILES string of the molecule is OC1C(C(O)C(F)(F)F)C(c2ccnc(C(F)(F)F)c2)=NN1c1ccnc(C(F)(F)F)c1. The molecule has 2 aromatic heterocycles. The maximum Gasteiger partial charge on any atom is 0.433 e. The third-order valence-corrected chi connectivity index (χ3v) is 4.42. The van der Waals surface area contributed by atoms with Crippen molar-refractivity contribution < 1.29 is 49.7 Å². The molecule has 3 unspecified atom stereocenters. The van der Waals surface area contributed by atoms with Gasteiger partial charge >= 0.3 is 18.5 Å². The highest BCUT2D eigenvalue weighted by Crippen LogP contribution is 2.39. The summed E-state index contributed by atoms with van der Waals surface area (Å²) < 4.78 is 117. The number of alkyl halides is 9. The smallest absolute Gasteiger partial charge is 0.383 e. The Morgan fingerprint density at radius 2 is 1.38 bits per heavy atom. The summed E-state index contributed by atoms with van der Waals surface area (Å²) in [5.41, 5.74) is -4.91. The molecule has 3 rings (SSSR count). The van der Waals surface area contributed by atoms with Crippen molar-refractivity contribution in [1.82, 2.24) is 9.97 Å². The maximum atomic E-state index is 13.2. The quantitative estimate of drug-likeness (QED) is 0.665. The highest BCUT2D eigenvalue weighted by atomic mass is 19.4. The normalized spacial score (nSPS) is 21.0. The minimum atomic E-state index is -5.34. The summed E-state index contributed by atoms with van der Waals surface area (Å²) in [5, 5.41) is 24.1. The molecule has 3 heterocycles. The molecular formula is C17H11F9N4O2. The molecule has 174 valence electrons. The van der Waals surface area contributed by atoms with Gasteiger partial charge in [0.05, 0.1) is 17.3 Å². The summed E-state index contributed by atoms with van der Waals surface area (Å²) in [7, 11) is 0. The van der Waals surface area contributed by atoms with Crippen LogP contribution < -0.4 is 5.01 Å². The van der Waals surface area contributed by atoms with Gasteiger partial charge in [0, 0.05) is 18.0 Å². The van der Waals surface area contributed by atoms with Crippen molar-refractivity contribution in [2.75, 3.05) is 5.01 Å². The van der Waals surface area contributed by atoms with E-state index in [0.717, 1.165) is 12.1 Å². The average molecular weight is 474 g/mol. The van der Waals surface area contributed by atoms with Crippen LogP contribution in [0.25, 0.3) is 0 Å². The first-order valence-electron chi connectivity index (χ1n) is 8.48. The van der Waals surface area contributed by atoms with Crippen molar-refractivity contribution in [2.45, 2.75) is 30.9 Å². The molecule has 0 aliphatic carbocycles. The number of pyridine rings is 2. The topological polar surface area (TPSA) is 81.8 Å². The first-order valence-corrected chi connectivity index (χ1v) is 8.48. The third kappa shape index (κ3) is 4.62. The predicted octanol–water partition coefficient (Wildman–Crippen LogP) is 3.60. The Bertz CT molecular complexity index is 1020. The van der Waals surface area contributed by atoms with E-state index in [-0.39, 0.29) is 0 Å². The molecular weight excluding hydrogens is 463 g/mol. The molecule has 15 heteroatoms. The van der Waals surface area contributed by atoms with Crippen molar-refractivity contribution in [1.29, 1.82) is 0 Å². The number of nitrogens with zero attached hydrogens (tertiary/aromatic N) is 4. The van der Waals surface area contributed by atoms with E-state index in [1.54, 1.807) is 0 Å². The van der Waals surface area contributed by atoms with Gasteiger partial charge in [-0.2, -0.15) is 44.6 Å². The average Bonchev–Trinajstić information content (AvgIpc) is 3.02. The summed E-state index contributed by atoms with van der Waals surface area (Å²) >= 11 is 0. The number of hydrogen-bond acceptors (Lipinski definition) is 6. The van der Waals surface area contributed by atoms with Crippen LogP contribution >= 0.6 is 0 Å². The minimum absolute atomic E-state index is 0.333. The second-order valence-corrected chi connectivity index (χ2v) is 6.58. The van der Waals surface area contributed by atoms with Crippen LogP contribution in [0.1, 0.15) is 17.0 Å². The molecule has 0 fully saturated rings. The number of aliphatic hydroxyl groups is 2. The summed E-state index contributed by atoms with van der Waals surface area (Å²) in [5.74, 6) is -2.35. The van der Waals surface area contributed by atoms with E-state index in [9.17, 15) is 49.7 Å². The van der Waals surface area contributed by atoms with E-state index < -0.39 is 65.1 Å². The lowest BCUT2D eigenvalue weighted by Gasteiger charge is -2.28. The molecule has 6 nitrogen and oxygen atoms in total. The first kappa shape index (κ1) is 23.7. The number of hydrazone groups is 1. The fourth-order valence-electron chi connectivity index (χ4n) is 2.97. The monoisotopic (exact) mass is 474 g/mol. The van der Waals surface area contributed by atoms with Gasteiger partial charge in [-0.15, -0.1) is 0 Å². The number of hydrogen-bond donors (Lipinski definition) is 2. The van der Waals surface area contributed by atoms with E-state index in [0.29, 0.717) is 29.5 Å². The van der Waals surface area contributed by atoms with E-state index in [1.807, 2.05) is 0 Å². The lowest BCUT2D eigenvalue weighted by molar-refractivity contribution is -0.218. The zero-order chi connectivity index (χ0) is 24.1. The van der Waals surface area contributed by atoms with Crippen molar-refractivity contribution in [3.8, 4) is 0 Å². The molecule has 1 aliphatic rings. The van der Waals surface area contributed by atoms with Gasteiger partial charge in [0.1, 0.15) is 11.4 Å². The fraction of sp³-hybridized carbons (Fsp3) is 0.353. The highest BCUT2D eigenvalue weighted by molar-refractivity contribution is 6.05. The molecule has 32 heavy (non-hydrogen) atoms. The van der Waals surface area contributed by atoms with Crippen molar-refractivity contribution in [3.05, 3.63) is 53.6 Å². The molecule has 0 saturated heterocycles. The van der Waals surface area contributed by atoms with Crippen LogP contribution in [-0.2, 0) is 12.4 Å². The molecule has 0 spiro atoms. The molecule has 2 N–H and O–H groups in total. The standard InChI is InChI=1S/C17H11F9N4O2/c18-15(19,20)9-5-7(1-3-27-9)12-11(13(31)17(24,25)26)14(32)30(29-12)8-2-4-28-10(6-8)16(21,22)23/h1-6,11,13-14,31-32H. The number of aromatic nitrogens is 2. The Labute approximate surface area is 172 Å². The van der Waals surface area contributed by atoms with Crippen LogP contribution in [0.3, 0.4) is 0 Å². The van der Waals surface area contributed by atoms with Gasteiger partial charge in [0.25, 0.3) is 0 Å². The second kappa shape index (κ2) is 7.88. The van der Waals surface area contributed by atoms with Crippen molar-refractivity contribution in [3.63, 3.8) is 0 Å². The Balaban J connectivity index is 2.14. The van der Waals surface area contributed by atoms with E-state index in [4.69, 9.17) is 0 Å². The first-order chi connectivity index (χ1) is 14.6. The Morgan fingerprint density at radius 1 is 0.844 bits per heavy atom. The zero-order valence-electron chi connectivity index (χ0n) is 15.3. The summed E-state index contributed by atoms with van der Waals surface area (Å²) in [4.78, 5) is 6.13. The molecule has 0 bridgehead atoms. The fourth-order valence-corrected chi connectivity index (χ4v) is 2.97. The van der Waals surface area contributed by atoms with E-state index >= 15 is 0 Å². The van der Waals surface area contributed by atoms with E-state index in [2.05, 4.69) is 15.1 Å². The van der Waals surface area contributed by atoms with Gasteiger partial charge in [-0.1, -0.05) is 0 Å². The van der Waals surface area contributed by atoms with Crippen molar-refractivity contribution in [2.24, 2.45) is 11.0 Å². The molecule has 1 aliphatic heterocycles. The van der Waals surface area contributed by atoms with Crippen LogP contribution in [-0.4, -0.2) is 44.4 Å².